The molecule has 0 aliphatic carbocycles. The second-order valence-corrected chi connectivity index (χ2v) is 7.04. The minimum atomic E-state index is -3.17. The monoisotopic (exact) mass is 275 g/mol. The van der Waals surface area contributed by atoms with Gasteiger partial charge in [0.15, 0.2) is 0 Å². The van der Waals surface area contributed by atoms with E-state index in [0.29, 0.717) is 6.42 Å². The van der Waals surface area contributed by atoms with E-state index in [1.54, 1.807) is 30.5 Å². The summed E-state index contributed by atoms with van der Waals surface area (Å²) >= 11 is 0. The highest BCUT2D eigenvalue weighted by atomic mass is 32.2. The van der Waals surface area contributed by atoms with E-state index >= 15 is 0 Å². The predicted molar refractivity (Wildman–Crippen MR) is 69.7 cm³/mol. The minimum absolute atomic E-state index is 0.143. The summed E-state index contributed by atoms with van der Waals surface area (Å²) in [5.74, 6) is 0.143. The number of nitrogens with one attached hydrogen (secondary N) is 1. The first-order valence-corrected chi connectivity index (χ1v) is 8.55. The molecule has 0 saturated heterocycles. The van der Waals surface area contributed by atoms with Crippen LogP contribution in [-0.2, 0) is 27.4 Å². The van der Waals surface area contributed by atoms with Gasteiger partial charge in [0, 0.05) is 28.5 Å². The molecule has 4 nitrogen and oxygen atoms in total. The lowest BCUT2D eigenvalue weighted by Gasteiger charge is -2.06. The summed E-state index contributed by atoms with van der Waals surface area (Å²) in [5, 5.41) is 0. The molecule has 0 bridgehead atoms. The molecule has 17 heavy (non-hydrogen) atoms. The quantitative estimate of drug-likeness (QED) is 0.850. The summed E-state index contributed by atoms with van der Waals surface area (Å²) in [6.45, 7) is 2.10. The average molecular weight is 275 g/mol. The van der Waals surface area contributed by atoms with E-state index in [9.17, 15) is 12.6 Å². The van der Waals surface area contributed by atoms with Crippen molar-refractivity contribution in [1.29, 1.82) is 0 Å². The van der Waals surface area contributed by atoms with Crippen LogP contribution in [0.3, 0.4) is 0 Å². The highest BCUT2D eigenvalue weighted by Gasteiger charge is 2.07. The molecule has 1 rings (SSSR count). The summed E-state index contributed by atoms with van der Waals surface area (Å²) in [4.78, 5) is 0.741. The van der Waals surface area contributed by atoms with Crippen LogP contribution in [0, 0.1) is 0 Å². The number of benzene rings is 1. The van der Waals surface area contributed by atoms with Crippen molar-refractivity contribution in [2.45, 2.75) is 24.8 Å². The maximum Gasteiger partial charge on any atom is 0.211 e. The first-order valence-electron chi connectivity index (χ1n) is 5.34. The molecular formula is C11H17NO3S2. The molecule has 6 heteroatoms. The molecule has 1 N–H and O–H groups in total. The minimum Gasteiger partial charge on any atom is -0.255 e. The molecule has 0 amide bonds. The van der Waals surface area contributed by atoms with Crippen molar-refractivity contribution >= 4 is 20.8 Å². The summed E-state index contributed by atoms with van der Waals surface area (Å²) in [5.41, 5.74) is 0.860. The third-order valence-corrected chi connectivity index (χ3v) is 4.69. The van der Waals surface area contributed by atoms with Gasteiger partial charge in [-0.25, -0.2) is 13.1 Å². The van der Waals surface area contributed by atoms with Crippen molar-refractivity contribution < 1.29 is 12.6 Å². The molecule has 0 unspecified atom stereocenters. The first kappa shape index (κ1) is 14.3. The molecule has 0 saturated carbocycles. The fourth-order valence-electron chi connectivity index (χ4n) is 1.33. The molecule has 96 valence electrons. The van der Waals surface area contributed by atoms with Gasteiger partial charge in [0.25, 0.3) is 0 Å². The third-order valence-electron chi connectivity index (χ3n) is 2.22. The second-order valence-electron chi connectivity index (χ2n) is 3.74. The molecule has 0 aromatic heterocycles. The Kier molecular flexibility index (Phi) is 5.30. The van der Waals surface area contributed by atoms with E-state index in [-0.39, 0.29) is 12.3 Å². The van der Waals surface area contributed by atoms with E-state index < -0.39 is 20.8 Å². The second kappa shape index (κ2) is 6.28. The molecule has 1 aromatic carbocycles. The summed E-state index contributed by atoms with van der Waals surface area (Å²) in [6.07, 6.45) is 2.21. The highest BCUT2D eigenvalue weighted by Crippen LogP contribution is 2.07. The Bertz CT molecular complexity index is 480. The summed E-state index contributed by atoms with van der Waals surface area (Å²) in [6, 6.07) is 7.07. The van der Waals surface area contributed by atoms with Gasteiger partial charge in [-0.2, -0.15) is 0 Å². The molecule has 0 spiro atoms. The van der Waals surface area contributed by atoms with Crippen molar-refractivity contribution in [1.82, 2.24) is 4.72 Å². The third kappa shape index (κ3) is 4.97. The number of hydrogen-bond donors (Lipinski definition) is 1. The van der Waals surface area contributed by atoms with Crippen LogP contribution in [0.25, 0.3) is 0 Å². The van der Waals surface area contributed by atoms with E-state index in [2.05, 4.69) is 4.72 Å². The lowest BCUT2D eigenvalue weighted by Crippen LogP contribution is -2.25. The molecule has 0 heterocycles. The van der Waals surface area contributed by atoms with E-state index in [1.165, 1.54) is 0 Å². The van der Waals surface area contributed by atoms with Crippen LogP contribution in [0.1, 0.15) is 18.9 Å². The van der Waals surface area contributed by atoms with E-state index in [1.807, 2.05) is 6.92 Å². The molecule has 1 atom stereocenters. The van der Waals surface area contributed by atoms with E-state index in [4.69, 9.17) is 0 Å². The topological polar surface area (TPSA) is 63.2 Å². The van der Waals surface area contributed by atoms with Crippen LogP contribution < -0.4 is 4.72 Å². The Balaban J connectivity index is 2.62. The van der Waals surface area contributed by atoms with Crippen LogP contribution in [0.2, 0.25) is 0 Å². The Morgan fingerprint density at radius 3 is 2.29 bits per heavy atom. The number of hydrogen-bond acceptors (Lipinski definition) is 3. The van der Waals surface area contributed by atoms with Crippen molar-refractivity contribution in [3.63, 3.8) is 0 Å². The Hall–Kier alpha value is -0.720. The molecule has 0 aliphatic heterocycles. The Morgan fingerprint density at radius 2 is 1.82 bits per heavy atom. The highest BCUT2D eigenvalue weighted by molar-refractivity contribution is 7.89. The lowest BCUT2D eigenvalue weighted by atomic mass is 10.2. The first-order chi connectivity index (χ1) is 7.94. The van der Waals surface area contributed by atoms with Gasteiger partial charge in [-0.3, -0.25) is 4.21 Å². The van der Waals surface area contributed by atoms with Crippen molar-refractivity contribution in [2.24, 2.45) is 0 Å². The smallest absolute Gasteiger partial charge is 0.211 e. The summed E-state index contributed by atoms with van der Waals surface area (Å²) < 4.78 is 36.5. The largest absolute Gasteiger partial charge is 0.255 e. The van der Waals surface area contributed by atoms with Gasteiger partial charge in [0.2, 0.25) is 10.0 Å². The zero-order valence-corrected chi connectivity index (χ0v) is 11.6. The Labute approximate surface area is 105 Å². The van der Waals surface area contributed by atoms with Crippen molar-refractivity contribution in [3.05, 3.63) is 29.8 Å². The molecule has 0 fully saturated rings. The van der Waals surface area contributed by atoms with Gasteiger partial charge in [0.05, 0.1) is 5.75 Å². The van der Waals surface area contributed by atoms with Crippen LogP contribution >= 0.6 is 0 Å². The van der Waals surface area contributed by atoms with Gasteiger partial charge < -0.3 is 0 Å². The SMILES string of the molecule is CCCS(=O)(=O)NCc1ccc([S@](C)=O)cc1. The van der Waals surface area contributed by atoms with Gasteiger partial charge >= 0.3 is 0 Å². The van der Waals surface area contributed by atoms with Gasteiger partial charge in [0.1, 0.15) is 0 Å². The van der Waals surface area contributed by atoms with Crippen LogP contribution in [0.15, 0.2) is 29.2 Å². The maximum absolute atomic E-state index is 11.4. The molecule has 0 radical (unpaired) electrons. The van der Waals surface area contributed by atoms with Crippen LogP contribution in [0.4, 0.5) is 0 Å². The maximum atomic E-state index is 11.4. The Morgan fingerprint density at radius 1 is 1.24 bits per heavy atom. The standard InChI is InChI=1S/C11H17NO3S2/c1-3-8-17(14,15)12-9-10-4-6-11(7-5-10)16(2)13/h4-7,12H,3,8-9H2,1-2H3/t16-/m0/s1. The van der Waals surface area contributed by atoms with Gasteiger partial charge in [-0.05, 0) is 24.1 Å². The zero-order valence-electron chi connectivity index (χ0n) is 9.97. The van der Waals surface area contributed by atoms with Crippen LogP contribution in [0.5, 0.6) is 0 Å². The van der Waals surface area contributed by atoms with E-state index in [0.717, 1.165) is 10.5 Å². The molecular weight excluding hydrogens is 258 g/mol. The zero-order chi connectivity index (χ0) is 12.9. The molecule has 1 aromatic rings. The predicted octanol–water partition coefficient (Wildman–Crippen LogP) is 1.25. The molecule has 0 aliphatic rings. The average Bonchev–Trinajstić information content (AvgIpc) is 2.27. The van der Waals surface area contributed by atoms with Crippen molar-refractivity contribution in [2.75, 3.05) is 12.0 Å². The fourth-order valence-corrected chi connectivity index (χ4v) is 2.92. The van der Waals surface area contributed by atoms with Gasteiger partial charge in [-0.1, -0.05) is 19.1 Å². The number of rotatable bonds is 6. The van der Waals surface area contributed by atoms with Crippen molar-refractivity contribution in [3.8, 4) is 0 Å². The van der Waals surface area contributed by atoms with Crippen LogP contribution in [-0.4, -0.2) is 24.6 Å². The normalized spacial score (nSPS) is 13.5. The van der Waals surface area contributed by atoms with Gasteiger partial charge in [-0.15, -0.1) is 0 Å². The number of sulfonamides is 1. The fraction of sp³-hybridized carbons (Fsp3) is 0.455. The summed E-state index contributed by atoms with van der Waals surface area (Å²) in [7, 11) is -4.17. The lowest BCUT2D eigenvalue weighted by molar-refractivity contribution is 0.580.